The molecule has 3 amide bonds. The Kier molecular flexibility index (Phi) is 8.41. The second kappa shape index (κ2) is 11.5. The number of nitrogens with one attached hydrogen (secondary N) is 3. The lowest BCUT2D eigenvalue weighted by Crippen LogP contribution is -2.37. The summed E-state index contributed by atoms with van der Waals surface area (Å²) >= 11 is 1.60. The van der Waals surface area contributed by atoms with Gasteiger partial charge in [-0.2, -0.15) is 0 Å². The van der Waals surface area contributed by atoms with Crippen molar-refractivity contribution in [1.82, 2.24) is 15.5 Å². The summed E-state index contributed by atoms with van der Waals surface area (Å²) in [7, 11) is 3.99. The van der Waals surface area contributed by atoms with Gasteiger partial charge in [0.05, 0.1) is 12.6 Å². The Balaban J connectivity index is 1.55. The van der Waals surface area contributed by atoms with Crippen molar-refractivity contribution in [3.63, 3.8) is 0 Å². The molecule has 3 aromatic rings. The first-order valence-electron chi connectivity index (χ1n) is 10.7. The highest BCUT2D eigenvalue weighted by atomic mass is 32.1. The van der Waals surface area contributed by atoms with E-state index >= 15 is 0 Å². The SMILES string of the molecule is CCc1ccc(C(CNC(=O)Nc2cccc(C(=O)NCc3cccs3)c2)N(C)C)cc1. The zero-order valence-electron chi connectivity index (χ0n) is 18.7. The molecule has 1 heterocycles. The van der Waals surface area contributed by atoms with Crippen molar-refractivity contribution in [3.8, 4) is 0 Å². The van der Waals surface area contributed by atoms with Gasteiger partial charge in [0.25, 0.3) is 5.91 Å². The van der Waals surface area contributed by atoms with Crippen LogP contribution in [0.4, 0.5) is 10.5 Å². The molecule has 0 saturated heterocycles. The molecule has 3 rings (SSSR count). The number of rotatable bonds is 9. The molecule has 0 fully saturated rings. The van der Waals surface area contributed by atoms with Crippen molar-refractivity contribution in [2.24, 2.45) is 0 Å². The van der Waals surface area contributed by atoms with Crippen molar-refractivity contribution < 1.29 is 9.59 Å². The largest absolute Gasteiger partial charge is 0.347 e. The summed E-state index contributed by atoms with van der Waals surface area (Å²) < 4.78 is 0. The number of amides is 3. The summed E-state index contributed by atoms with van der Waals surface area (Å²) in [4.78, 5) is 28.1. The summed E-state index contributed by atoms with van der Waals surface area (Å²) in [5.41, 5.74) is 3.51. The van der Waals surface area contributed by atoms with Gasteiger partial charge < -0.3 is 20.9 Å². The van der Waals surface area contributed by atoms with E-state index in [0.29, 0.717) is 24.3 Å². The van der Waals surface area contributed by atoms with Crippen LogP contribution in [0.1, 0.15) is 39.3 Å². The Morgan fingerprint density at radius 1 is 1.00 bits per heavy atom. The van der Waals surface area contributed by atoms with Crippen molar-refractivity contribution in [2.45, 2.75) is 25.9 Å². The fraction of sp³-hybridized carbons (Fsp3) is 0.280. The molecule has 168 valence electrons. The minimum absolute atomic E-state index is 0.0565. The number of benzene rings is 2. The Morgan fingerprint density at radius 2 is 1.78 bits per heavy atom. The van der Waals surface area contributed by atoms with Crippen LogP contribution in [0, 0.1) is 0 Å². The first kappa shape index (κ1) is 23.5. The number of hydrogen-bond donors (Lipinski definition) is 3. The van der Waals surface area contributed by atoms with Crippen LogP contribution in [0.3, 0.4) is 0 Å². The van der Waals surface area contributed by atoms with E-state index in [1.54, 1.807) is 35.6 Å². The van der Waals surface area contributed by atoms with Crippen LogP contribution in [0.2, 0.25) is 0 Å². The topological polar surface area (TPSA) is 73.5 Å². The lowest BCUT2D eigenvalue weighted by Gasteiger charge is -2.25. The summed E-state index contributed by atoms with van der Waals surface area (Å²) in [5.74, 6) is -0.175. The van der Waals surface area contributed by atoms with Crippen molar-refractivity contribution in [3.05, 3.63) is 87.6 Å². The third-order valence-electron chi connectivity index (χ3n) is 5.24. The van der Waals surface area contributed by atoms with Gasteiger partial charge in [0, 0.05) is 22.7 Å². The maximum atomic E-state index is 12.5. The first-order chi connectivity index (χ1) is 15.5. The quantitative estimate of drug-likeness (QED) is 0.444. The Bertz CT molecular complexity index is 1020. The fourth-order valence-electron chi connectivity index (χ4n) is 3.36. The Hall–Kier alpha value is -3.16. The molecule has 32 heavy (non-hydrogen) atoms. The second-order valence-electron chi connectivity index (χ2n) is 7.75. The van der Waals surface area contributed by atoms with Crippen LogP contribution in [-0.2, 0) is 13.0 Å². The standard InChI is InChI=1S/C25H30N4O2S/c1-4-18-10-12-19(13-11-18)23(29(2)3)17-27-25(31)28-21-8-5-7-20(15-21)24(30)26-16-22-9-6-14-32-22/h5-15,23H,4,16-17H2,1-3H3,(H,26,30)(H2,27,28,31). The highest BCUT2D eigenvalue weighted by molar-refractivity contribution is 7.09. The minimum atomic E-state index is -0.307. The number of carbonyl (C=O) groups excluding carboxylic acids is 2. The molecule has 6 nitrogen and oxygen atoms in total. The molecule has 7 heteroatoms. The van der Waals surface area contributed by atoms with E-state index in [1.165, 1.54) is 5.56 Å². The lowest BCUT2D eigenvalue weighted by atomic mass is 10.0. The maximum Gasteiger partial charge on any atom is 0.319 e. The van der Waals surface area contributed by atoms with Crippen LogP contribution in [0.5, 0.6) is 0 Å². The van der Waals surface area contributed by atoms with Gasteiger partial charge in [-0.15, -0.1) is 11.3 Å². The number of hydrogen-bond acceptors (Lipinski definition) is 4. The monoisotopic (exact) mass is 450 g/mol. The van der Waals surface area contributed by atoms with Gasteiger partial charge in [-0.3, -0.25) is 4.79 Å². The van der Waals surface area contributed by atoms with Gasteiger partial charge in [0.2, 0.25) is 0 Å². The number of nitrogens with zero attached hydrogens (tertiary/aromatic N) is 1. The summed E-state index contributed by atoms with van der Waals surface area (Å²) in [5, 5.41) is 10.6. The van der Waals surface area contributed by atoms with Crippen LogP contribution < -0.4 is 16.0 Å². The maximum absolute atomic E-state index is 12.5. The molecule has 2 aromatic carbocycles. The molecular weight excluding hydrogens is 420 g/mol. The van der Waals surface area contributed by atoms with Gasteiger partial charge in [-0.1, -0.05) is 43.3 Å². The molecule has 0 radical (unpaired) electrons. The fourth-order valence-corrected chi connectivity index (χ4v) is 4.00. The molecule has 1 atom stereocenters. The zero-order valence-corrected chi connectivity index (χ0v) is 19.5. The molecule has 1 aromatic heterocycles. The van der Waals surface area contributed by atoms with Gasteiger partial charge in [-0.05, 0) is 61.3 Å². The molecule has 0 aliphatic rings. The molecule has 1 unspecified atom stereocenters. The summed E-state index contributed by atoms with van der Waals surface area (Å²) in [6.07, 6.45) is 0.999. The Morgan fingerprint density at radius 3 is 2.44 bits per heavy atom. The van der Waals surface area contributed by atoms with Gasteiger partial charge in [0.1, 0.15) is 0 Å². The second-order valence-corrected chi connectivity index (χ2v) is 8.78. The lowest BCUT2D eigenvalue weighted by molar-refractivity contribution is 0.0951. The van der Waals surface area contributed by atoms with Crippen LogP contribution >= 0.6 is 11.3 Å². The number of aryl methyl sites for hydroxylation is 1. The van der Waals surface area contributed by atoms with E-state index in [1.807, 2.05) is 31.6 Å². The highest BCUT2D eigenvalue weighted by Crippen LogP contribution is 2.19. The number of thiophene rings is 1. The number of likely N-dealkylation sites (N-methyl/N-ethyl adjacent to an activating group) is 1. The van der Waals surface area contributed by atoms with Crippen molar-refractivity contribution in [1.29, 1.82) is 0 Å². The third kappa shape index (κ3) is 6.67. The van der Waals surface area contributed by atoms with Gasteiger partial charge >= 0.3 is 6.03 Å². The molecule has 0 aliphatic carbocycles. The Labute approximate surface area is 193 Å². The zero-order chi connectivity index (χ0) is 22.9. The molecular formula is C25H30N4O2S. The molecule has 0 aliphatic heterocycles. The molecule has 3 N–H and O–H groups in total. The predicted octanol–water partition coefficient (Wildman–Crippen LogP) is 4.66. The summed E-state index contributed by atoms with van der Waals surface area (Å²) in [6.45, 7) is 3.08. The van der Waals surface area contributed by atoms with Crippen LogP contribution in [-0.4, -0.2) is 37.5 Å². The smallest absolute Gasteiger partial charge is 0.319 e. The van der Waals surface area contributed by atoms with E-state index < -0.39 is 0 Å². The first-order valence-corrected chi connectivity index (χ1v) is 11.5. The number of urea groups is 1. The van der Waals surface area contributed by atoms with Crippen LogP contribution in [0.25, 0.3) is 0 Å². The summed E-state index contributed by atoms with van der Waals surface area (Å²) in [6, 6.07) is 19.1. The molecule has 0 spiro atoms. The van der Waals surface area contributed by atoms with E-state index in [2.05, 4.69) is 52.0 Å². The third-order valence-corrected chi connectivity index (χ3v) is 6.11. The van der Waals surface area contributed by atoms with Crippen molar-refractivity contribution >= 4 is 29.0 Å². The van der Waals surface area contributed by atoms with Crippen LogP contribution in [0.15, 0.2) is 66.0 Å². The molecule has 0 saturated carbocycles. The minimum Gasteiger partial charge on any atom is -0.347 e. The van der Waals surface area contributed by atoms with Crippen molar-refractivity contribution in [2.75, 3.05) is 26.0 Å². The predicted molar refractivity (Wildman–Crippen MR) is 131 cm³/mol. The average Bonchev–Trinajstić information content (AvgIpc) is 3.31. The van der Waals surface area contributed by atoms with Gasteiger partial charge in [0.15, 0.2) is 0 Å². The highest BCUT2D eigenvalue weighted by Gasteiger charge is 2.15. The van der Waals surface area contributed by atoms with E-state index in [9.17, 15) is 9.59 Å². The average molecular weight is 451 g/mol. The normalized spacial score (nSPS) is 11.8. The number of anilines is 1. The van der Waals surface area contributed by atoms with E-state index in [-0.39, 0.29) is 18.0 Å². The van der Waals surface area contributed by atoms with E-state index in [4.69, 9.17) is 0 Å². The van der Waals surface area contributed by atoms with E-state index in [0.717, 1.165) is 16.9 Å². The number of carbonyl (C=O) groups is 2. The van der Waals surface area contributed by atoms with Gasteiger partial charge in [-0.25, -0.2) is 4.79 Å². The molecule has 0 bridgehead atoms.